The Morgan fingerprint density at radius 2 is 1.33 bits per heavy atom. The van der Waals surface area contributed by atoms with E-state index in [1.165, 1.54) is 10.9 Å². The van der Waals surface area contributed by atoms with Gasteiger partial charge in [0.25, 0.3) is 0 Å². The molecule has 0 aliphatic carbocycles. The number of rotatable bonds is 14. The van der Waals surface area contributed by atoms with Crippen LogP contribution in [0.2, 0.25) is 0 Å². The van der Waals surface area contributed by atoms with Crippen LogP contribution in [0, 0.1) is 5.41 Å². The molecule has 0 atom stereocenters. The lowest BCUT2D eigenvalue weighted by Crippen LogP contribution is -2.36. The number of benzene rings is 3. The van der Waals surface area contributed by atoms with Crippen LogP contribution in [0.15, 0.2) is 54.6 Å². The molecule has 0 saturated heterocycles. The van der Waals surface area contributed by atoms with Gasteiger partial charge in [-0.3, -0.25) is 14.4 Å². The topological polar surface area (TPSA) is 99.3 Å². The van der Waals surface area contributed by atoms with Crippen molar-refractivity contribution in [2.24, 2.45) is 5.41 Å². The Morgan fingerprint density at radius 3 is 1.87 bits per heavy atom. The van der Waals surface area contributed by atoms with Crippen molar-refractivity contribution in [3.8, 4) is 0 Å². The van der Waals surface area contributed by atoms with Gasteiger partial charge in [-0.2, -0.15) is 0 Å². The predicted octanol–water partition coefficient (Wildman–Crippen LogP) is 4.62. The number of hydrogen-bond donors (Lipinski definition) is 4. The number of carbonyl (C=O) groups excluding carboxylic acids is 3. The quantitative estimate of drug-likeness (QED) is 0.106. The van der Waals surface area contributed by atoms with Gasteiger partial charge in [0.1, 0.15) is 6.29 Å². The number of fused-ring (bicyclic) bond motifs is 2. The molecular weight excluding hydrogens is 488 g/mol. The zero-order chi connectivity index (χ0) is 28.4. The maximum atomic E-state index is 12.1. The minimum Gasteiger partial charge on any atom is -0.356 e. The maximum absolute atomic E-state index is 12.1. The second kappa shape index (κ2) is 14.0. The van der Waals surface area contributed by atoms with Crippen molar-refractivity contribution in [3.05, 3.63) is 71.3 Å². The highest BCUT2D eigenvalue weighted by molar-refractivity contribution is 6.07. The number of carbonyl (C=O) groups is 3. The molecule has 0 aliphatic rings. The fourth-order valence-corrected chi connectivity index (χ4v) is 4.50. The van der Waals surface area contributed by atoms with Crippen molar-refractivity contribution < 1.29 is 14.4 Å². The molecule has 0 saturated carbocycles. The average molecular weight is 531 g/mol. The fraction of sp³-hybridized carbons (Fsp3) is 0.406. The second-order valence-corrected chi connectivity index (χ2v) is 11.0. The van der Waals surface area contributed by atoms with Crippen LogP contribution < -0.4 is 21.3 Å². The molecule has 2 amide bonds. The third-order valence-corrected chi connectivity index (χ3v) is 6.71. The summed E-state index contributed by atoms with van der Waals surface area (Å²) in [5, 5.41) is 17.5. The minimum absolute atomic E-state index is 0.0614. The summed E-state index contributed by atoms with van der Waals surface area (Å²) < 4.78 is 0. The highest BCUT2D eigenvalue weighted by atomic mass is 16.2. The first kappa shape index (κ1) is 30.0. The van der Waals surface area contributed by atoms with E-state index in [9.17, 15) is 14.4 Å². The van der Waals surface area contributed by atoms with E-state index < -0.39 is 0 Å². The molecule has 3 aromatic rings. The molecule has 0 aromatic heterocycles. The van der Waals surface area contributed by atoms with E-state index in [0.717, 1.165) is 53.9 Å². The second-order valence-electron chi connectivity index (χ2n) is 11.0. The minimum atomic E-state index is -0.386. The van der Waals surface area contributed by atoms with Crippen LogP contribution in [0.25, 0.3) is 21.5 Å². The Hall–Kier alpha value is -3.55. The van der Waals surface area contributed by atoms with Gasteiger partial charge in [0.2, 0.25) is 11.8 Å². The SMILES string of the molecule is C=C(C)C(=O)NCCCNCc1c2ccccc2c(CNCCCNC(=O)C(C)(C)C)c2ccc(C=O)cc12. The van der Waals surface area contributed by atoms with Crippen molar-refractivity contribution >= 4 is 39.6 Å². The molecule has 3 aromatic carbocycles. The number of nitrogens with one attached hydrogen (secondary N) is 4. The van der Waals surface area contributed by atoms with Gasteiger partial charge in [-0.25, -0.2) is 0 Å². The van der Waals surface area contributed by atoms with Crippen molar-refractivity contribution in [1.29, 1.82) is 0 Å². The molecule has 7 heteroatoms. The Bertz CT molecular complexity index is 1340. The summed E-state index contributed by atoms with van der Waals surface area (Å²) in [6.07, 6.45) is 2.52. The molecule has 7 nitrogen and oxygen atoms in total. The number of aldehydes is 1. The van der Waals surface area contributed by atoms with Gasteiger partial charge in [0, 0.05) is 42.7 Å². The summed E-state index contributed by atoms with van der Waals surface area (Å²) in [6, 6.07) is 14.3. The summed E-state index contributed by atoms with van der Waals surface area (Å²) in [4.78, 5) is 35.4. The summed E-state index contributed by atoms with van der Waals surface area (Å²) in [5.41, 5.74) is 3.12. The molecule has 0 spiro atoms. The average Bonchev–Trinajstić information content (AvgIpc) is 2.91. The first-order valence-electron chi connectivity index (χ1n) is 13.7. The zero-order valence-corrected chi connectivity index (χ0v) is 23.7. The molecule has 3 rings (SSSR count). The van der Waals surface area contributed by atoms with Crippen LogP contribution in [0.5, 0.6) is 0 Å². The highest BCUT2D eigenvalue weighted by Gasteiger charge is 2.20. The lowest BCUT2D eigenvalue weighted by atomic mass is 9.90. The van der Waals surface area contributed by atoms with E-state index in [-0.39, 0.29) is 17.2 Å². The maximum Gasteiger partial charge on any atom is 0.246 e. The van der Waals surface area contributed by atoms with Gasteiger partial charge in [0.05, 0.1) is 0 Å². The number of amides is 2. The van der Waals surface area contributed by atoms with E-state index in [1.54, 1.807) is 6.92 Å². The first-order chi connectivity index (χ1) is 18.6. The fourth-order valence-electron chi connectivity index (χ4n) is 4.50. The molecule has 39 heavy (non-hydrogen) atoms. The lowest BCUT2D eigenvalue weighted by Gasteiger charge is -2.19. The normalized spacial score (nSPS) is 11.5. The van der Waals surface area contributed by atoms with Gasteiger partial charge in [-0.05, 0) is 71.6 Å². The Balaban J connectivity index is 1.75. The summed E-state index contributed by atoms with van der Waals surface area (Å²) in [5.74, 6) is -0.0569. The van der Waals surface area contributed by atoms with Crippen LogP contribution in [0.3, 0.4) is 0 Å². The van der Waals surface area contributed by atoms with Gasteiger partial charge in [0.15, 0.2) is 0 Å². The van der Waals surface area contributed by atoms with Crippen LogP contribution in [0.4, 0.5) is 0 Å². The van der Waals surface area contributed by atoms with Crippen molar-refractivity contribution in [2.75, 3.05) is 26.2 Å². The zero-order valence-electron chi connectivity index (χ0n) is 23.7. The van der Waals surface area contributed by atoms with Gasteiger partial charge in [-0.15, -0.1) is 0 Å². The van der Waals surface area contributed by atoms with Crippen LogP contribution in [0.1, 0.15) is 62.0 Å². The van der Waals surface area contributed by atoms with Crippen molar-refractivity contribution in [2.45, 2.75) is 53.6 Å². The van der Waals surface area contributed by atoms with E-state index in [2.05, 4.69) is 46.0 Å². The van der Waals surface area contributed by atoms with Crippen molar-refractivity contribution in [1.82, 2.24) is 21.3 Å². The number of hydrogen-bond acceptors (Lipinski definition) is 5. The largest absolute Gasteiger partial charge is 0.356 e. The molecule has 0 unspecified atom stereocenters. The Labute approximate surface area is 231 Å². The summed E-state index contributed by atoms with van der Waals surface area (Å²) in [6.45, 7) is 15.2. The van der Waals surface area contributed by atoms with Crippen LogP contribution in [-0.2, 0) is 22.7 Å². The predicted molar refractivity (Wildman–Crippen MR) is 160 cm³/mol. The van der Waals surface area contributed by atoms with Gasteiger partial charge < -0.3 is 21.3 Å². The summed E-state index contributed by atoms with van der Waals surface area (Å²) in [7, 11) is 0. The molecule has 0 radical (unpaired) electrons. The van der Waals surface area contributed by atoms with E-state index in [1.807, 2.05) is 45.0 Å². The van der Waals surface area contributed by atoms with E-state index >= 15 is 0 Å². The van der Waals surface area contributed by atoms with Gasteiger partial charge in [-0.1, -0.05) is 63.7 Å². The lowest BCUT2D eigenvalue weighted by molar-refractivity contribution is -0.128. The highest BCUT2D eigenvalue weighted by Crippen LogP contribution is 2.33. The molecule has 0 bridgehead atoms. The molecule has 0 fully saturated rings. The first-order valence-corrected chi connectivity index (χ1v) is 13.7. The third kappa shape index (κ3) is 8.22. The van der Waals surface area contributed by atoms with Crippen LogP contribution in [-0.4, -0.2) is 44.3 Å². The molecule has 208 valence electrons. The van der Waals surface area contributed by atoms with E-state index in [4.69, 9.17) is 0 Å². The Morgan fingerprint density at radius 1 is 0.795 bits per heavy atom. The Kier molecular flexibility index (Phi) is 10.8. The molecule has 4 N–H and O–H groups in total. The van der Waals surface area contributed by atoms with E-state index in [0.29, 0.717) is 37.3 Å². The third-order valence-electron chi connectivity index (χ3n) is 6.71. The van der Waals surface area contributed by atoms with Crippen LogP contribution >= 0.6 is 0 Å². The molecule has 0 aliphatic heterocycles. The monoisotopic (exact) mass is 530 g/mol. The summed E-state index contributed by atoms with van der Waals surface area (Å²) >= 11 is 0. The molecule has 0 heterocycles. The van der Waals surface area contributed by atoms with Crippen molar-refractivity contribution in [3.63, 3.8) is 0 Å². The molecular formula is C32H42N4O3. The standard InChI is InChI=1S/C32H42N4O3/c1-22(2)30(38)35-16-8-14-34-20-29-25-11-7-6-10-24(25)28(26-13-12-23(21-37)18-27(26)29)19-33-15-9-17-36-31(39)32(3,4)5/h6-7,10-13,18,21,33-34H,1,8-9,14-17,19-20H2,2-5H3,(H,35,38)(H,36,39). The smallest absolute Gasteiger partial charge is 0.246 e. The van der Waals surface area contributed by atoms with Gasteiger partial charge >= 0.3 is 0 Å².